The van der Waals surface area contributed by atoms with Crippen molar-refractivity contribution in [2.75, 3.05) is 10.6 Å². The van der Waals surface area contributed by atoms with Crippen LogP contribution in [0.4, 0.5) is 11.5 Å². The Kier molecular flexibility index (Phi) is 5.26. The van der Waals surface area contributed by atoms with Gasteiger partial charge in [-0.25, -0.2) is 9.97 Å². The Hall–Kier alpha value is -2.92. The third-order valence-electron chi connectivity index (χ3n) is 3.58. The molecule has 0 radical (unpaired) electrons. The predicted octanol–water partition coefficient (Wildman–Crippen LogP) is 4.30. The minimum absolute atomic E-state index is 0.262. The zero-order valence-corrected chi connectivity index (χ0v) is 14.4. The number of carbonyl (C=O) groups is 1. The predicted molar refractivity (Wildman–Crippen MR) is 99.9 cm³/mol. The maximum absolute atomic E-state index is 12.2. The third-order valence-corrected chi connectivity index (χ3v) is 3.83. The smallest absolute Gasteiger partial charge is 0.275 e. The average Bonchev–Trinajstić information content (AvgIpc) is 2.63. The van der Waals surface area contributed by atoms with Crippen molar-refractivity contribution in [1.29, 1.82) is 0 Å². The van der Waals surface area contributed by atoms with E-state index in [2.05, 4.69) is 20.6 Å². The minimum Gasteiger partial charge on any atom is -0.365 e. The highest BCUT2D eigenvalue weighted by molar-refractivity contribution is 6.30. The number of benzene rings is 2. The Morgan fingerprint density at radius 2 is 1.72 bits per heavy atom. The lowest BCUT2D eigenvalue weighted by Gasteiger charge is -2.07. The minimum atomic E-state index is -0.291. The number of anilines is 2. The zero-order chi connectivity index (χ0) is 17.6. The number of nitrogens with one attached hydrogen (secondary N) is 2. The van der Waals surface area contributed by atoms with Gasteiger partial charge in [0, 0.05) is 17.3 Å². The summed E-state index contributed by atoms with van der Waals surface area (Å²) < 4.78 is 0. The van der Waals surface area contributed by atoms with Crippen molar-refractivity contribution in [1.82, 2.24) is 9.97 Å². The lowest BCUT2D eigenvalue weighted by atomic mass is 10.2. The van der Waals surface area contributed by atoms with E-state index < -0.39 is 0 Å². The van der Waals surface area contributed by atoms with Gasteiger partial charge < -0.3 is 10.6 Å². The van der Waals surface area contributed by atoms with E-state index in [-0.39, 0.29) is 11.6 Å². The Morgan fingerprint density at radius 3 is 2.36 bits per heavy atom. The van der Waals surface area contributed by atoms with Crippen LogP contribution in [-0.2, 0) is 6.54 Å². The molecule has 0 bridgehead atoms. The van der Waals surface area contributed by atoms with Gasteiger partial charge in [0.05, 0.1) is 12.4 Å². The molecule has 1 amide bonds. The largest absolute Gasteiger partial charge is 0.365 e. The zero-order valence-electron chi connectivity index (χ0n) is 13.7. The van der Waals surface area contributed by atoms with E-state index in [4.69, 9.17) is 11.6 Å². The van der Waals surface area contributed by atoms with Crippen LogP contribution in [0.1, 0.15) is 21.6 Å². The van der Waals surface area contributed by atoms with Crippen molar-refractivity contribution in [3.63, 3.8) is 0 Å². The van der Waals surface area contributed by atoms with Gasteiger partial charge in [-0.3, -0.25) is 4.79 Å². The van der Waals surface area contributed by atoms with Gasteiger partial charge >= 0.3 is 0 Å². The lowest BCUT2D eigenvalue weighted by molar-refractivity contribution is 0.102. The number of aryl methyl sites for hydroxylation is 1. The highest BCUT2D eigenvalue weighted by atomic mass is 35.5. The fourth-order valence-corrected chi connectivity index (χ4v) is 2.29. The molecule has 3 rings (SSSR count). The number of nitrogens with zero attached hydrogens (tertiary/aromatic N) is 2. The second-order valence-corrected chi connectivity index (χ2v) is 6.02. The summed E-state index contributed by atoms with van der Waals surface area (Å²) in [5.74, 6) is 0.308. The van der Waals surface area contributed by atoms with Crippen molar-refractivity contribution in [3.8, 4) is 0 Å². The monoisotopic (exact) mass is 352 g/mol. The number of hydrogen-bond acceptors (Lipinski definition) is 4. The summed E-state index contributed by atoms with van der Waals surface area (Å²) in [6.45, 7) is 2.59. The van der Waals surface area contributed by atoms with Crippen molar-refractivity contribution in [3.05, 3.63) is 82.8 Å². The summed E-state index contributed by atoms with van der Waals surface area (Å²) in [6, 6.07) is 15.1. The van der Waals surface area contributed by atoms with E-state index >= 15 is 0 Å². The molecule has 0 aliphatic carbocycles. The van der Waals surface area contributed by atoms with E-state index in [9.17, 15) is 4.79 Å². The molecule has 3 aromatic rings. The highest BCUT2D eigenvalue weighted by Gasteiger charge is 2.08. The molecule has 0 aliphatic heterocycles. The molecule has 0 saturated carbocycles. The average molecular weight is 353 g/mol. The van der Waals surface area contributed by atoms with Gasteiger partial charge in [0.1, 0.15) is 11.5 Å². The van der Waals surface area contributed by atoms with Crippen LogP contribution in [0.2, 0.25) is 5.02 Å². The molecule has 0 aliphatic rings. The van der Waals surface area contributed by atoms with Crippen LogP contribution in [0.15, 0.2) is 60.9 Å². The molecule has 2 N–H and O–H groups in total. The fourth-order valence-electron chi connectivity index (χ4n) is 2.16. The van der Waals surface area contributed by atoms with Gasteiger partial charge in [-0.1, -0.05) is 41.4 Å². The van der Waals surface area contributed by atoms with E-state index in [0.717, 1.165) is 16.8 Å². The summed E-state index contributed by atoms with van der Waals surface area (Å²) in [6.07, 6.45) is 2.99. The molecular weight excluding hydrogens is 336 g/mol. The number of halogens is 1. The van der Waals surface area contributed by atoms with E-state index in [0.29, 0.717) is 17.4 Å². The van der Waals surface area contributed by atoms with Crippen molar-refractivity contribution >= 4 is 29.0 Å². The number of rotatable bonds is 5. The summed E-state index contributed by atoms with van der Waals surface area (Å²) in [5, 5.41) is 6.65. The molecule has 0 fully saturated rings. The van der Waals surface area contributed by atoms with Crippen molar-refractivity contribution in [2.24, 2.45) is 0 Å². The summed E-state index contributed by atoms with van der Waals surface area (Å²) in [5.41, 5.74) is 3.20. The molecule has 2 aromatic carbocycles. The van der Waals surface area contributed by atoms with Gasteiger partial charge in [0.15, 0.2) is 0 Å². The van der Waals surface area contributed by atoms with Crippen LogP contribution in [0, 0.1) is 6.92 Å². The molecule has 1 aromatic heterocycles. The highest BCUT2D eigenvalue weighted by Crippen LogP contribution is 2.12. The molecule has 0 unspecified atom stereocenters. The standard InChI is InChI=1S/C19H17ClN4O/c1-13-2-8-16(9-3-13)24-19(25)17-11-23-18(12-21-17)22-10-14-4-6-15(20)7-5-14/h2-9,11-12H,10H2,1H3,(H,22,23)(H,24,25). The van der Waals surface area contributed by atoms with Crippen LogP contribution in [-0.4, -0.2) is 15.9 Å². The Morgan fingerprint density at radius 1 is 1.00 bits per heavy atom. The Bertz CT molecular complexity index is 846. The molecule has 0 saturated heterocycles. The molecule has 1 heterocycles. The molecule has 0 atom stereocenters. The normalized spacial score (nSPS) is 10.3. The molecule has 5 nitrogen and oxygen atoms in total. The fraction of sp³-hybridized carbons (Fsp3) is 0.105. The van der Waals surface area contributed by atoms with Crippen LogP contribution in [0.5, 0.6) is 0 Å². The summed E-state index contributed by atoms with van der Waals surface area (Å²) in [4.78, 5) is 20.6. The maximum Gasteiger partial charge on any atom is 0.275 e. The van der Waals surface area contributed by atoms with Crippen molar-refractivity contribution in [2.45, 2.75) is 13.5 Å². The Balaban J connectivity index is 1.58. The topological polar surface area (TPSA) is 66.9 Å². The summed E-state index contributed by atoms with van der Waals surface area (Å²) >= 11 is 5.86. The first kappa shape index (κ1) is 16.9. The van der Waals surface area contributed by atoms with Gasteiger partial charge in [-0.05, 0) is 36.8 Å². The van der Waals surface area contributed by atoms with Crippen molar-refractivity contribution < 1.29 is 4.79 Å². The molecule has 126 valence electrons. The third kappa shape index (κ3) is 4.78. The van der Waals surface area contributed by atoms with Crippen LogP contribution in [0.25, 0.3) is 0 Å². The SMILES string of the molecule is Cc1ccc(NC(=O)c2cnc(NCc3ccc(Cl)cc3)cn2)cc1. The number of aromatic nitrogens is 2. The van der Waals surface area contributed by atoms with Crippen LogP contribution in [0.3, 0.4) is 0 Å². The van der Waals surface area contributed by atoms with Gasteiger partial charge in [0.25, 0.3) is 5.91 Å². The van der Waals surface area contributed by atoms with E-state index in [1.807, 2.05) is 55.5 Å². The first-order chi connectivity index (χ1) is 12.1. The lowest BCUT2D eigenvalue weighted by Crippen LogP contribution is -2.14. The van der Waals surface area contributed by atoms with Gasteiger partial charge in [-0.15, -0.1) is 0 Å². The second kappa shape index (κ2) is 7.77. The first-order valence-corrected chi connectivity index (χ1v) is 8.16. The summed E-state index contributed by atoms with van der Waals surface area (Å²) in [7, 11) is 0. The molecule has 0 spiro atoms. The Labute approximate surface area is 151 Å². The van der Waals surface area contributed by atoms with E-state index in [1.54, 1.807) is 6.20 Å². The second-order valence-electron chi connectivity index (χ2n) is 5.59. The number of hydrogen-bond donors (Lipinski definition) is 2. The molecular formula is C19H17ClN4O. The van der Waals surface area contributed by atoms with Gasteiger partial charge in [-0.2, -0.15) is 0 Å². The molecule has 25 heavy (non-hydrogen) atoms. The van der Waals surface area contributed by atoms with Gasteiger partial charge in [0.2, 0.25) is 0 Å². The van der Waals surface area contributed by atoms with E-state index in [1.165, 1.54) is 6.20 Å². The number of amides is 1. The first-order valence-electron chi connectivity index (χ1n) is 7.78. The van der Waals surface area contributed by atoms with Crippen LogP contribution < -0.4 is 10.6 Å². The number of carbonyl (C=O) groups excluding carboxylic acids is 1. The van der Waals surface area contributed by atoms with Crippen LogP contribution >= 0.6 is 11.6 Å². The quantitative estimate of drug-likeness (QED) is 0.718. The maximum atomic E-state index is 12.2. The molecule has 6 heteroatoms.